The Morgan fingerprint density at radius 3 is 2.54 bits per heavy atom. The molecule has 3 aliphatic rings. The monoisotopic (exact) mass is 405 g/mol. The van der Waals surface area contributed by atoms with Gasteiger partial charge in [-0.15, -0.1) is 0 Å². The highest BCUT2D eigenvalue weighted by Crippen LogP contribution is 2.29. The number of hydrogen-bond acceptors (Lipinski definition) is 5. The van der Waals surface area contributed by atoms with Gasteiger partial charge in [0.2, 0.25) is 0 Å². The van der Waals surface area contributed by atoms with Crippen molar-refractivity contribution >= 4 is 23.3 Å². The van der Waals surface area contributed by atoms with Gasteiger partial charge >= 0.3 is 0 Å². The summed E-state index contributed by atoms with van der Waals surface area (Å²) in [5.41, 5.74) is 0.613. The number of piperazine rings is 1. The fourth-order valence-electron chi connectivity index (χ4n) is 4.74. The Kier molecular flexibility index (Phi) is 6.38. The Morgan fingerprint density at radius 2 is 1.86 bits per heavy atom. The van der Waals surface area contributed by atoms with E-state index in [4.69, 9.17) is 11.6 Å². The topological polar surface area (TPSA) is 42.9 Å². The third kappa shape index (κ3) is 4.29. The summed E-state index contributed by atoms with van der Waals surface area (Å²) in [6.07, 6.45) is 6.26. The van der Waals surface area contributed by atoms with Gasteiger partial charge in [-0.2, -0.15) is 0 Å². The molecule has 3 fully saturated rings. The fraction of sp³-hybridized carbons (Fsp3) is 0.714. The Hall–Kier alpha value is -1.37. The van der Waals surface area contributed by atoms with Crippen LogP contribution >= 0.6 is 11.6 Å². The van der Waals surface area contributed by atoms with Crippen molar-refractivity contribution in [2.75, 3.05) is 63.8 Å². The van der Waals surface area contributed by atoms with Gasteiger partial charge in [-0.05, 0) is 38.3 Å². The van der Waals surface area contributed by atoms with E-state index in [2.05, 4.69) is 26.6 Å². The Balaban J connectivity index is 1.38. The minimum absolute atomic E-state index is 0.0637. The quantitative estimate of drug-likeness (QED) is 0.770. The second-order valence-electron chi connectivity index (χ2n) is 8.24. The van der Waals surface area contributed by atoms with E-state index in [1.807, 2.05) is 11.0 Å². The van der Waals surface area contributed by atoms with Gasteiger partial charge in [0.25, 0.3) is 5.91 Å². The van der Waals surface area contributed by atoms with Crippen LogP contribution in [0.3, 0.4) is 0 Å². The van der Waals surface area contributed by atoms with Crippen LogP contribution < -0.4 is 4.90 Å². The normalized spacial score (nSPS) is 24.7. The van der Waals surface area contributed by atoms with Crippen molar-refractivity contribution in [3.05, 3.63) is 22.8 Å². The minimum atomic E-state index is 0.0637. The summed E-state index contributed by atoms with van der Waals surface area (Å²) in [4.78, 5) is 26.6. The molecule has 0 N–H and O–H groups in total. The summed E-state index contributed by atoms with van der Waals surface area (Å²) < 4.78 is 0. The Labute approximate surface area is 173 Å². The van der Waals surface area contributed by atoms with E-state index < -0.39 is 0 Å². The van der Waals surface area contributed by atoms with Crippen LogP contribution in [0.5, 0.6) is 0 Å². The van der Waals surface area contributed by atoms with Gasteiger partial charge in [0.05, 0.1) is 10.6 Å². The smallest absolute Gasteiger partial charge is 0.255 e. The van der Waals surface area contributed by atoms with E-state index in [1.165, 1.54) is 19.5 Å². The van der Waals surface area contributed by atoms with Crippen LogP contribution in [0.4, 0.5) is 5.82 Å². The van der Waals surface area contributed by atoms with Gasteiger partial charge in [0, 0.05) is 64.6 Å². The van der Waals surface area contributed by atoms with Crippen molar-refractivity contribution < 1.29 is 4.79 Å². The number of anilines is 1. The summed E-state index contributed by atoms with van der Waals surface area (Å²) in [6, 6.07) is 2.39. The molecule has 1 aromatic heterocycles. The first-order valence-corrected chi connectivity index (χ1v) is 11.2. The van der Waals surface area contributed by atoms with Gasteiger partial charge in [-0.1, -0.05) is 18.5 Å². The summed E-state index contributed by atoms with van der Waals surface area (Å²) in [6.45, 7) is 11.6. The zero-order valence-corrected chi connectivity index (χ0v) is 17.7. The lowest BCUT2D eigenvalue weighted by Crippen LogP contribution is -2.50. The summed E-state index contributed by atoms with van der Waals surface area (Å²) in [7, 11) is 0. The molecule has 0 radical (unpaired) electrons. The number of piperidine rings is 1. The maximum Gasteiger partial charge on any atom is 0.255 e. The summed E-state index contributed by atoms with van der Waals surface area (Å²) in [5.74, 6) is 0.889. The molecule has 0 aliphatic carbocycles. The average Bonchev–Trinajstić information content (AvgIpc) is 3.23. The zero-order chi connectivity index (χ0) is 19.5. The lowest BCUT2D eigenvalue weighted by molar-refractivity contribution is 0.0724. The van der Waals surface area contributed by atoms with Crippen LogP contribution in [-0.4, -0.2) is 90.5 Å². The predicted octanol–water partition coefficient (Wildman–Crippen LogP) is 2.58. The van der Waals surface area contributed by atoms with Crippen LogP contribution in [0, 0.1) is 0 Å². The number of amides is 1. The number of rotatable bonds is 4. The first-order valence-electron chi connectivity index (χ1n) is 10.8. The van der Waals surface area contributed by atoms with Gasteiger partial charge in [-0.25, -0.2) is 4.98 Å². The molecule has 0 bridgehead atoms. The van der Waals surface area contributed by atoms with Gasteiger partial charge in [0.15, 0.2) is 0 Å². The van der Waals surface area contributed by atoms with Gasteiger partial charge in [0.1, 0.15) is 5.82 Å². The number of nitrogens with zero attached hydrogens (tertiary/aromatic N) is 5. The van der Waals surface area contributed by atoms with Crippen molar-refractivity contribution in [3.63, 3.8) is 0 Å². The molecular formula is C21H32ClN5O. The Morgan fingerprint density at radius 1 is 1.11 bits per heavy atom. The molecule has 28 heavy (non-hydrogen) atoms. The van der Waals surface area contributed by atoms with Crippen LogP contribution in [0.15, 0.2) is 12.3 Å². The average molecular weight is 406 g/mol. The van der Waals surface area contributed by atoms with Crippen molar-refractivity contribution in [2.45, 2.75) is 38.6 Å². The molecular weight excluding hydrogens is 374 g/mol. The molecule has 0 saturated carbocycles. The molecule has 3 saturated heterocycles. The first kappa shape index (κ1) is 19.9. The number of likely N-dealkylation sites (N-methyl/N-ethyl adjacent to an activating group) is 1. The molecule has 0 aromatic carbocycles. The highest BCUT2D eigenvalue weighted by Gasteiger charge is 2.31. The second-order valence-corrected chi connectivity index (χ2v) is 8.65. The first-order chi connectivity index (χ1) is 13.7. The molecule has 7 heteroatoms. The molecule has 4 heterocycles. The number of carbonyl (C=O) groups is 1. The molecule has 6 nitrogen and oxygen atoms in total. The summed E-state index contributed by atoms with van der Waals surface area (Å²) >= 11 is 6.57. The third-order valence-corrected chi connectivity index (χ3v) is 6.82. The second kappa shape index (κ2) is 8.97. The van der Waals surface area contributed by atoms with E-state index in [0.717, 1.165) is 70.9 Å². The molecule has 1 amide bonds. The van der Waals surface area contributed by atoms with E-state index in [9.17, 15) is 4.79 Å². The van der Waals surface area contributed by atoms with Gasteiger partial charge < -0.3 is 14.7 Å². The number of hydrogen-bond donors (Lipinski definition) is 0. The molecule has 1 unspecified atom stereocenters. The maximum atomic E-state index is 12.7. The largest absolute Gasteiger partial charge is 0.354 e. The number of likely N-dealkylation sites (tertiary alicyclic amines) is 1. The maximum absolute atomic E-state index is 12.7. The minimum Gasteiger partial charge on any atom is -0.354 e. The Bertz CT molecular complexity index is 685. The predicted molar refractivity (Wildman–Crippen MR) is 113 cm³/mol. The molecule has 0 spiro atoms. The standard InChI is InChI=1S/C21H32ClN5O/c1-2-24-10-12-25(13-11-24)18-6-9-27(16-18)20-19(22)14-17(15-23-20)21(28)26-7-4-3-5-8-26/h14-15,18H,2-13,16H2,1H3. The van der Waals surface area contributed by atoms with E-state index in [0.29, 0.717) is 16.6 Å². The number of pyridine rings is 1. The van der Waals surface area contributed by atoms with Crippen molar-refractivity contribution in [1.29, 1.82) is 0 Å². The number of carbonyl (C=O) groups excluding carboxylic acids is 1. The van der Waals surface area contributed by atoms with E-state index in [1.54, 1.807) is 6.20 Å². The molecule has 4 rings (SSSR count). The van der Waals surface area contributed by atoms with Crippen LogP contribution in [0.2, 0.25) is 5.02 Å². The van der Waals surface area contributed by atoms with Crippen molar-refractivity contribution in [3.8, 4) is 0 Å². The number of aromatic nitrogens is 1. The molecule has 1 atom stereocenters. The van der Waals surface area contributed by atoms with Crippen LogP contribution in [0.25, 0.3) is 0 Å². The SMILES string of the molecule is CCN1CCN(C2CCN(c3ncc(C(=O)N4CCCCC4)cc3Cl)C2)CC1. The van der Waals surface area contributed by atoms with Gasteiger partial charge in [-0.3, -0.25) is 9.69 Å². The fourth-order valence-corrected chi connectivity index (χ4v) is 5.02. The number of halogens is 1. The lowest BCUT2D eigenvalue weighted by Gasteiger charge is -2.37. The van der Waals surface area contributed by atoms with Crippen LogP contribution in [0.1, 0.15) is 43.0 Å². The van der Waals surface area contributed by atoms with E-state index in [-0.39, 0.29) is 5.91 Å². The molecule has 154 valence electrons. The molecule has 3 aliphatic heterocycles. The van der Waals surface area contributed by atoms with Crippen LogP contribution in [-0.2, 0) is 0 Å². The van der Waals surface area contributed by atoms with Crippen molar-refractivity contribution in [1.82, 2.24) is 19.7 Å². The highest BCUT2D eigenvalue weighted by molar-refractivity contribution is 6.33. The summed E-state index contributed by atoms with van der Waals surface area (Å²) in [5, 5.41) is 0.597. The zero-order valence-electron chi connectivity index (χ0n) is 16.9. The lowest BCUT2D eigenvalue weighted by atomic mass is 10.1. The third-order valence-electron chi connectivity index (χ3n) is 6.55. The highest BCUT2D eigenvalue weighted by atomic mass is 35.5. The van der Waals surface area contributed by atoms with Crippen molar-refractivity contribution in [2.24, 2.45) is 0 Å². The molecule has 1 aromatic rings. The van der Waals surface area contributed by atoms with E-state index >= 15 is 0 Å².